The second-order valence-electron chi connectivity index (χ2n) is 5.74. The van der Waals surface area contributed by atoms with Gasteiger partial charge in [-0.1, -0.05) is 36.4 Å². The second-order valence-corrected chi connectivity index (χ2v) is 7.72. The monoisotopic (exact) mass is 351 g/mol. The summed E-state index contributed by atoms with van der Waals surface area (Å²) in [5.74, 6) is 0.0779. The Bertz CT molecular complexity index is 849. The van der Waals surface area contributed by atoms with Crippen molar-refractivity contribution < 1.29 is 4.79 Å². The highest BCUT2D eigenvalue weighted by molar-refractivity contribution is 7.10. The summed E-state index contributed by atoms with van der Waals surface area (Å²) >= 11 is 3.44. The van der Waals surface area contributed by atoms with Crippen molar-refractivity contribution in [3.05, 3.63) is 86.2 Å². The smallest absolute Gasteiger partial charge is 0.247 e. The molecule has 4 heteroatoms. The normalized spacial score (nSPS) is 17.2. The lowest BCUT2D eigenvalue weighted by molar-refractivity contribution is -0.127. The molecule has 0 aliphatic carbocycles. The van der Waals surface area contributed by atoms with E-state index < -0.39 is 0 Å². The molecule has 0 unspecified atom stereocenters. The van der Waals surface area contributed by atoms with E-state index in [1.807, 2.05) is 46.7 Å². The molecule has 0 spiro atoms. The topological polar surface area (TPSA) is 20.3 Å². The number of thiophene rings is 2. The number of hydrogen-bond acceptors (Lipinski definition) is 3. The molecule has 3 aromatic rings. The van der Waals surface area contributed by atoms with E-state index in [-0.39, 0.29) is 11.9 Å². The van der Waals surface area contributed by atoms with Gasteiger partial charge in [-0.05, 0) is 46.5 Å². The van der Waals surface area contributed by atoms with Crippen LogP contribution in [0.4, 0.5) is 0 Å². The number of carbonyl (C=O) groups excluding carboxylic acids is 1. The van der Waals surface area contributed by atoms with Gasteiger partial charge in [0.1, 0.15) is 0 Å². The number of fused-ring (bicyclic) bond motifs is 1. The van der Waals surface area contributed by atoms with Crippen LogP contribution in [0.15, 0.2) is 65.4 Å². The van der Waals surface area contributed by atoms with Gasteiger partial charge in [0.25, 0.3) is 0 Å². The van der Waals surface area contributed by atoms with Gasteiger partial charge >= 0.3 is 0 Å². The Morgan fingerprint density at radius 1 is 1.04 bits per heavy atom. The van der Waals surface area contributed by atoms with Gasteiger partial charge < -0.3 is 4.90 Å². The van der Waals surface area contributed by atoms with Crippen molar-refractivity contribution in [2.45, 2.75) is 12.5 Å². The van der Waals surface area contributed by atoms with Gasteiger partial charge in [0.2, 0.25) is 5.91 Å². The Balaban J connectivity index is 1.67. The standard InChI is InChI=1S/C20H17NOS2/c22-19(9-8-16-7-4-13-23-16)21-12-10-18-17(11-14-24-18)20(21)15-5-2-1-3-6-15/h1-9,11,13-14,20H,10,12H2/b9-8+/t20-/m0/s1. The Hall–Kier alpha value is -2.17. The molecule has 24 heavy (non-hydrogen) atoms. The zero-order valence-electron chi connectivity index (χ0n) is 13.1. The number of carbonyl (C=O) groups is 1. The van der Waals surface area contributed by atoms with Crippen molar-refractivity contribution in [2.75, 3.05) is 6.54 Å². The first-order valence-electron chi connectivity index (χ1n) is 7.96. The zero-order chi connectivity index (χ0) is 16.4. The summed E-state index contributed by atoms with van der Waals surface area (Å²) in [4.78, 5) is 17.4. The van der Waals surface area contributed by atoms with Gasteiger partial charge in [0.15, 0.2) is 0 Å². The van der Waals surface area contributed by atoms with Crippen LogP contribution in [0.25, 0.3) is 6.08 Å². The predicted molar refractivity (Wildman–Crippen MR) is 101 cm³/mol. The van der Waals surface area contributed by atoms with Crippen LogP contribution in [0.5, 0.6) is 0 Å². The van der Waals surface area contributed by atoms with E-state index in [0.29, 0.717) is 0 Å². The fourth-order valence-electron chi connectivity index (χ4n) is 3.18. The lowest BCUT2D eigenvalue weighted by atomic mass is 9.93. The number of benzene rings is 1. The summed E-state index contributed by atoms with van der Waals surface area (Å²) < 4.78 is 0. The summed E-state index contributed by atoms with van der Waals surface area (Å²) in [5.41, 5.74) is 2.45. The Labute approximate surface area is 149 Å². The molecule has 1 aliphatic rings. The van der Waals surface area contributed by atoms with Gasteiger partial charge in [0, 0.05) is 22.4 Å². The Morgan fingerprint density at radius 3 is 2.71 bits per heavy atom. The molecule has 0 saturated heterocycles. The molecule has 1 aromatic carbocycles. The lowest BCUT2D eigenvalue weighted by Gasteiger charge is -2.35. The molecule has 2 aromatic heterocycles. The van der Waals surface area contributed by atoms with Gasteiger partial charge in [-0.2, -0.15) is 0 Å². The average Bonchev–Trinajstić information content (AvgIpc) is 3.30. The second kappa shape index (κ2) is 6.75. The minimum atomic E-state index is 0.0154. The first kappa shape index (κ1) is 15.4. The first-order chi connectivity index (χ1) is 11.8. The zero-order valence-corrected chi connectivity index (χ0v) is 14.7. The molecule has 3 heterocycles. The van der Waals surface area contributed by atoms with Crippen LogP contribution in [0.1, 0.15) is 26.9 Å². The van der Waals surface area contributed by atoms with Crippen LogP contribution in [0, 0.1) is 0 Å². The van der Waals surface area contributed by atoms with Crippen LogP contribution < -0.4 is 0 Å². The van der Waals surface area contributed by atoms with Crippen LogP contribution in [0.2, 0.25) is 0 Å². The fourth-order valence-corrected chi connectivity index (χ4v) is 4.71. The molecular formula is C20H17NOS2. The fraction of sp³-hybridized carbons (Fsp3) is 0.150. The molecule has 0 saturated carbocycles. The third-order valence-electron chi connectivity index (χ3n) is 4.30. The van der Waals surface area contributed by atoms with Gasteiger partial charge in [-0.25, -0.2) is 0 Å². The maximum atomic E-state index is 12.9. The van der Waals surface area contributed by atoms with Gasteiger partial charge in [-0.15, -0.1) is 22.7 Å². The van der Waals surface area contributed by atoms with Crippen LogP contribution in [0.3, 0.4) is 0 Å². The maximum Gasteiger partial charge on any atom is 0.247 e. The molecule has 1 atom stereocenters. The number of hydrogen-bond donors (Lipinski definition) is 0. The molecule has 0 radical (unpaired) electrons. The number of amides is 1. The van der Waals surface area contributed by atoms with Crippen molar-refractivity contribution in [3.63, 3.8) is 0 Å². The van der Waals surface area contributed by atoms with Crippen LogP contribution in [-0.2, 0) is 11.2 Å². The molecule has 0 bridgehead atoms. The summed E-state index contributed by atoms with van der Waals surface area (Å²) in [6.07, 6.45) is 4.56. The first-order valence-corrected chi connectivity index (χ1v) is 9.72. The van der Waals surface area contributed by atoms with Crippen molar-refractivity contribution in [3.8, 4) is 0 Å². The largest absolute Gasteiger partial charge is 0.328 e. The summed E-state index contributed by atoms with van der Waals surface area (Å²) in [6, 6.07) is 16.5. The number of rotatable bonds is 3. The van der Waals surface area contributed by atoms with E-state index in [2.05, 4.69) is 23.6 Å². The Morgan fingerprint density at radius 2 is 1.92 bits per heavy atom. The average molecular weight is 351 g/mol. The van der Waals surface area contributed by atoms with E-state index >= 15 is 0 Å². The van der Waals surface area contributed by atoms with E-state index in [1.165, 1.54) is 16.0 Å². The van der Waals surface area contributed by atoms with E-state index in [4.69, 9.17) is 0 Å². The Kier molecular flexibility index (Phi) is 4.32. The van der Waals surface area contributed by atoms with Crippen molar-refractivity contribution >= 4 is 34.7 Å². The predicted octanol–water partition coefficient (Wildman–Crippen LogP) is 5.00. The summed E-state index contributed by atoms with van der Waals surface area (Å²) in [7, 11) is 0. The molecular weight excluding hydrogens is 334 g/mol. The number of nitrogens with zero attached hydrogens (tertiary/aromatic N) is 1. The third-order valence-corrected chi connectivity index (χ3v) is 6.13. The van der Waals surface area contributed by atoms with Crippen LogP contribution >= 0.6 is 22.7 Å². The third kappa shape index (κ3) is 2.95. The quantitative estimate of drug-likeness (QED) is 0.608. The van der Waals surface area contributed by atoms with Crippen LogP contribution in [-0.4, -0.2) is 17.4 Å². The summed E-state index contributed by atoms with van der Waals surface area (Å²) in [5, 5.41) is 4.16. The van der Waals surface area contributed by atoms with E-state index in [1.54, 1.807) is 28.7 Å². The van der Waals surface area contributed by atoms with E-state index in [0.717, 1.165) is 17.8 Å². The molecule has 1 amide bonds. The van der Waals surface area contributed by atoms with Crippen molar-refractivity contribution in [1.29, 1.82) is 0 Å². The maximum absolute atomic E-state index is 12.9. The SMILES string of the molecule is O=C(/C=C/c1cccs1)N1CCc2sccc2[C@@H]1c1ccccc1. The molecule has 1 aliphatic heterocycles. The summed E-state index contributed by atoms with van der Waals surface area (Å²) in [6.45, 7) is 0.765. The van der Waals surface area contributed by atoms with Crippen molar-refractivity contribution in [1.82, 2.24) is 4.90 Å². The molecule has 0 N–H and O–H groups in total. The molecule has 120 valence electrons. The minimum Gasteiger partial charge on any atom is -0.328 e. The highest BCUT2D eigenvalue weighted by Gasteiger charge is 2.31. The highest BCUT2D eigenvalue weighted by Crippen LogP contribution is 2.37. The minimum absolute atomic E-state index is 0.0154. The van der Waals surface area contributed by atoms with Gasteiger partial charge in [0.05, 0.1) is 6.04 Å². The van der Waals surface area contributed by atoms with Crippen molar-refractivity contribution in [2.24, 2.45) is 0 Å². The lowest BCUT2D eigenvalue weighted by Crippen LogP contribution is -2.39. The molecule has 2 nitrogen and oxygen atoms in total. The van der Waals surface area contributed by atoms with E-state index in [9.17, 15) is 4.79 Å². The highest BCUT2D eigenvalue weighted by atomic mass is 32.1. The molecule has 0 fully saturated rings. The molecule has 4 rings (SSSR count). The van der Waals surface area contributed by atoms with Gasteiger partial charge in [-0.3, -0.25) is 4.79 Å².